The maximum atomic E-state index is 13.5. The zero-order chi connectivity index (χ0) is 21.5. The summed E-state index contributed by atoms with van der Waals surface area (Å²) in [6, 6.07) is 14.0. The first-order valence-corrected chi connectivity index (χ1v) is 11.0. The highest BCUT2D eigenvalue weighted by Gasteiger charge is 2.21. The summed E-state index contributed by atoms with van der Waals surface area (Å²) in [5.41, 5.74) is 2.27. The van der Waals surface area contributed by atoms with Crippen LogP contribution in [-0.2, 0) is 27.7 Å². The van der Waals surface area contributed by atoms with Gasteiger partial charge in [0, 0.05) is 25.6 Å². The number of hydrogen-bond acceptors (Lipinski definition) is 3. The number of hydrogen-bond donors (Lipinski definition) is 3. The highest BCUT2D eigenvalue weighted by molar-refractivity contribution is 14.0. The molecule has 6 nitrogen and oxygen atoms in total. The van der Waals surface area contributed by atoms with E-state index in [1.807, 2.05) is 38.1 Å². The quantitative estimate of drug-likeness (QED) is 0.269. The average Bonchev–Trinajstić information content (AvgIpc) is 2.68. The molecule has 2 aromatic rings. The number of sulfonamides is 1. The van der Waals surface area contributed by atoms with E-state index in [1.54, 1.807) is 25.2 Å². The van der Waals surface area contributed by atoms with Crippen molar-refractivity contribution in [3.8, 4) is 0 Å². The van der Waals surface area contributed by atoms with E-state index in [1.165, 1.54) is 13.1 Å². The minimum Gasteiger partial charge on any atom is -0.356 e. The lowest BCUT2D eigenvalue weighted by Gasteiger charge is -2.27. The number of guanidine groups is 1. The van der Waals surface area contributed by atoms with E-state index in [9.17, 15) is 12.8 Å². The van der Waals surface area contributed by atoms with E-state index >= 15 is 0 Å². The van der Waals surface area contributed by atoms with Gasteiger partial charge in [0.25, 0.3) is 0 Å². The molecule has 9 heteroatoms. The standard InChI is InChI=1S/C21H29FN4O2S.HI/c1-21(2,18-9-6-10-19(22)12-18)15-26-20(23-3)25-13-16-7-5-8-17(11-16)14-29(27,28)24-4;/h5-12,24H,13-15H2,1-4H3,(H2,23,25,26);1H. The molecule has 30 heavy (non-hydrogen) atoms. The Morgan fingerprint density at radius 1 is 1.07 bits per heavy atom. The van der Waals surface area contributed by atoms with E-state index in [4.69, 9.17) is 0 Å². The number of aliphatic imine (C=N–C) groups is 1. The molecule has 0 aromatic heterocycles. The molecule has 0 heterocycles. The lowest BCUT2D eigenvalue weighted by molar-refractivity contribution is 0.503. The van der Waals surface area contributed by atoms with E-state index in [-0.39, 0.29) is 41.0 Å². The van der Waals surface area contributed by atoms with Gasteiger partial charge in [0.15, 0.2) is 5.96 Å². The fourth-order valence-electron chi connectivity index (χ4n) is 2.84. The van der Waals surface area contributed by atoms with Crippen molar-refractivity contribution >= 4 is 40.0 Å². The van der Waals surface area contributed by atoms with Crippen molar-refractivity contribution in [2.24, 2.45) is 4.99 Å². The topological polar surface area (TPSA) is 82.6 Å². The minimum absolute atomic E-state index is 0. The van der Waals surface area contributed by atoms with Gasteiger partial charge in [-0.2, -0.15) is 0 Å². The Hall–Kier alpha value is -1.72. The van der Waals surface area contributed by atoms with Crippen LogP contribution in [0.5, 0.6) is 0 Å². The first kappa shape index (κ1) is 26.3. The van der Waals surface area contributed by atoms with Crippen LogP contribution < -0.4 is 15.4 Å². The first-order chi connectivity index (χ1) is 13.6. The molecule has 2 rings (SSSR count). The second-order valence-corrected chi connectivity index (χ2v) is 9.38. The normalized spacial score (nSPS) is 12.2. The molecule has 0 aliphatic rings. The fraction of sp³-hybridized carbons (Fsp3) is 0.381. The molecule has 0 saturated carbocycles. The van der Waals surface area contributed by atoms with Crippen LogP contribution in [0.25, 0.3) is 0 Å². The van der Waals surface area contributed by atoms with E-state index in [0.717, 1.165) is 11.1 Å². The average molecular weight is 548 g/mol. The van der Waals surface area contributed by atoms with Crippen molar-refractivity contribution in [3.63, 3.8) is 0 Å². The van der Waals surface area contributed by atoms with Gasteiger partial charge in [0.2, 0.25) is 10.0 Å². The zero-order valence-corrected chi connectivity index (χ0v) is 20.8. The van der Waals surface area contributed by atoms with Gasteiger partial charge in [0.05, 0.1) is 5.75 Å². The van der Waals surface area contributed by atoms with Crippen LogP contribution in [0.15, 0.2) is 53.5 Å². The Kier molecular flexibility index (Phi) is 10.2. The van der Waals surface area contributed by atoms with Gasteiger partial charge >= 0.3 is 0 Å². The van der Waals surface area contributed by atoms with Crippen molar-refractivity contribution in [2.75, 3.05) is 20.6 Å². The van der Waals surface area contributed by atoms with Crippen LogP contribution in [0.4, 0.5) is 4.39 Å². The van der Waals surface area contributed by atoms with E-state index in [0.29, 0.717) is 24.6 Å². The van der Waals surface area contributed by atoms with Gasteiger partial charge < -0.3 is 10.6 Å². The molecular formula is C21H30FIN4O2S. The molecule has 0 amide bonds. The molecule has 0 spiro atoms. The Morgan fingerprint density at radius 3 is 2.37 bits per heavy atom. The third kappa shape index (κ3) is 8.19. The smallest absolute Gasteiger partial charge is 0.215 e. The summed E-state index contributed by atoms with van der Waals surface area (Å²) < 4.78 is 39.3. The summed E-state index contributed by atoms with van der Waals surface area (Å²) in [6.07, 6.45) is 0. The summed E-state index contributed by atoms with van der Waals surface area (Å²) in [7, 11) is -0.227. The number of halogens is 2. The molecule has 0 atom stereocenters. The predicted molar refractivity (Wildman–Crippen MR) is 131 cm³/mol. The molecule has 0 bridgehead atoms. The maximum Gasteiger partial charge on any atom is 0.215 e. The molecule has 0 saturated heterocycles. The number of nitrogens with zero attached hydrogens (tertiary/aromatic N) is 1. The Bertz CT molecular complexity index is 965. The molecular weight excluding hydrogens is 518 g/mol. The lowest BCUT2D eigenvalue weighted by atomic mass is 9.84. The summed E-state index contributed by atoms with van der Waals surface area (Å²) in [4.78, 5) is 4.23. The summed E-state index contributed by atoms with van der Waals surface area (Å²) in [5.74, 6) is 0.299. The van der Waals surface area contributed by atoms with Crippen LogP contribution in [-0.4, -0.2) is 35.0 Å². The summed E-state index contributed by atoms with van der Waals surface area (Å²) in [6.45, 7) is 5.13. The predicted octanol–water partition coefficient (Wildman–Crippen LogP) is 3.14. The van der Waals surface area contributed by atoms with Crippen LogP contribution in [0.2, 0.25) is 0 Å². The van der Waals surface area contributed by atoms with Crippen molar-refractivity contribution in [1.29, 1.82) is 0 Å². The number of rotatable bonds is 8. The Morgan fingerprint density at radius 2 is 1.73 bits per heavy atom. The third-order valence-corrected chi connectivity index (χ3v) is 5.98. The molecule has 0 radical (unpaired) electrons. The second-order valence-electron chi connectivity index (χ2n) is 7.46. The van der Waals surface area contributed by atoms with Crippen LogP contribution >= 0.6 is 24.0 Å². The van der Waals surface area contributed by atoms with E-state index < -0.39 is 10.0 Å². The van der Waals surface area contributed by atoms with Crippen LogP contribution in [0, 0.1) is 5.82 Å². The monoisotopic (exact) mass is 548 g/mol. The minimum atomic E-state index is -3.31. The first-order valence-electron chi connectivity index (χ1n) is 9.35. The Labute approximate surface area is 195 Å². The molecule has 3 N–H and O–H groups in total. The van der Waals surface area contributed by atoms with Crippen molar-refractivity contribution in [3.05, 3.63) is 71.0 Å². The third-order valence-electron chi connectivity index (χ3n) is 4.65. The van der Waals surface area contributed by atoms with Crippen molar-refractivity contribution in [2.45, 2.75) is 31.6 Å². The highest BCUT2D eigenvalue weighted by Crippen LogP contribution is 2.22. The van der Waals surface area contributed by atoms with Gasteiger partial charge in [-0.05, 0) is 35.9 Å². The second kappa shape index (κ2) is 11.6. The molecule has 2 aromatic carbocycles. The molecule has 0 aliphatic carbocycles. The molecule has 0 unspecified atom stereocenters. The SMILES string of the molecule is CN=C(NCc1cccc(CS(=O)(=O)NC)c1)NCC(C)(C)c1cccc(F)c1.I. The summed E-state index contributed by atoms with van der Waals surface area (Å²) >= 11 is 0. The van der Waals surface area contributed by atoms with Gasteiger partial charge in [-0.15, -0.1) is 24.0 Å². The van der Waals surface area contributed by atoms with Gasteiger partial charge in [-0.25, -0.2) is 17.5 Å². The van der Waals surface area contributed by atoms with Crippen molar-refractivity contribution in [1.82, 2.24) is 15.4 Å². The molecule has 166 valence electrons. The van der Waals surface area contributed by atoms with E-state index in [2.05, 4.69) is 20.3 Å². The number of nitrogens with one attached hydrogen (secondary N) is 3. The van der Waals surface area contributed by atoms with Crippen LogP contribution in [0.1, 0.15) is 30.5 Å². The van der Waals surface area contributed by atoms with Gasteiger partial charge in [0.1, 0.15) is 5.82 Å². The highest BCUT2D eigenvalue weighted by atomic mass is 127. The molecule has 0 fully saturated rings. The van der Waals surface area contributed by atoms with Gasteiger partial charge in [-0.3, -0.25) is 4.99 Å². The largest absolute Gasteiger partial charge is 0.356 e. The molecule has 0 aliphatic heterocycles. The van der Waals surface area contributed by atoms with Gasteiger partial charge in [-0.1, -0.05) is 50.2 Å². The lowest BCUT2D eigenvalue weighted by Crippen LogP contribution is -2.43. The summed E-state index contributed by atoms with van der Waals surface area (Å²) in [5, 5.41) is 6.50. The van der Waals surface area contributed by atoms with Crippen LogP contribution in [0.3, 0.4) is 0 Å². The Balaban J connectivity index is 0.00000450. The maximum absolute atomic E-state index is 13.5. The zero-order valence-electron chi connectivity index (χ0n) is 17.7. The van der Waals surface area contributed by atoms with Crippen molar-refractivity contribution < 1.29 is 12.8 Å². The fourth-order valence-corrected chi connectivity index (χ4v) is 3.61. The number of benzene rings is 2.